The van der Waals surface area contributed by atoms with Gasteiger partial charge >= 0.3 is 0 Å². The molecule has 32 heavy (non-hydrogen) atoms. The number of aliphatic hydroxyl groups is 4. The normalized spacial score (nSPS) is 30.3. The summed E-state index contributed by atoms with van der Waals surface area (Å²) in [6.45, 7) is 2.80. The van der Waals surface area contributed by atoms with Crippen LogP contribution >= 0.6 is 0 Å². The van der Waals surface area contributed by atoms with E-state index in [-0.39, 0.29) is 29.7 Å². The van der Waals surface area contributed by atoms with Crippen molar-refractivity contribution in [2.45, 2.75) is 62.4 Å². The largest absolute Gasteiger partial charge is 0.467 e. The van der Waals surface area contributed by atoms with Crippen LogP contribution < -0.4 is 5.32 Å². The summed E-state index contributed by atoms with van der Waals surface area (Å²) in [5.41, 5.74) is -4.93. The molecule has 1 aromatic carbocycles. The summed E-state index contributed by atoms with van der Waals surface area (Å²) in [4.78, 5) is 39.3. The van der Waals surface area contributed by atoms with Crippen LogP contribution in [0.5, 0.6) is 0 Å². The van der Waals surface area contributed by atoms with Crippen molar-refractivity contribution in [1.82, 2.24) is 5.32 Å². The third-order valence-electron chi connectivity index (χ3n) is 5.93. The first kappa shape index (κ1) is 24.0. The Morgan fingerprint density at radius 2 is 1.81 bits per heavy atom. The van der Waals surface area contributed by atoms with Crippen LogP contribution in [0.25, 0.3) is 0 Å². The molecule has 0 aromatic heterocycles. The average molecular weight is 449 g/mol. The Hall–Kier alpha value is -2.63. The molecule has 10 heteroatoms. The number of rotatable bonds is 8. The van der Waals surface area contributed by atoms with E-state index in [0.29, 0.717) is 0 Å². The zero-order valence-electron chi connectivity index (χ0n) is 17.9. The number of methoxy groups -OCH3 is 1. The lowest BCUT2D eigenvalue weighted by Crippen LogP contribution is -2.60. The number of Topliss-reactive ketones (excluding diaryl/α,β-unsaturated/α-hetero) is 2. The summed E-state index contributed by atoms with van der Waals surface area (Å²) in [5.74, 6) is -3.25. The SMILES string of the molecule is CO[C@@]1(C(=O)c2ccccc2)NC(=O)[C@]2(OC([C@@H](O)[C@@H](O)CCC(C)O)=C(C)C2=O)[C@H]1O. The van der Waals surface area contributed by atoms with Gasteiger partial charge in [-0.25, -0.2) is 0 Å². The van der Waals surface area contributed by atoms with E-state index in [2.05, 4.69) is 5.32 Å². The van der Waals surface area contributed by atoms with Crippen molar-refractivity contribution in [2.24, 2.45) is 0 Å². The van der Waals surface area contributed by atoms with E-state index in [1.165, 1.54) is 26.0 Å². The number of carbonyl (C=O) groups is 3. The van der Waals surface area contributed by atoms with E-state index in [0.717, 1.165) is 7.11 Å². The molecule has 1 fully saturated rings. The monoisotopic (exact) mass is 449 g/mol. The van der Waals surface area contributed by atoms with Crippen molar-refractivity contribution >= 4 is 17.5 Å². The predicted molar refractivity (Wildman–Crippen MR) is 109 cm³/mol. The second kappa shape index (κ2) is 8.72. The van der Waals surface area contributed by atoms with Gasteiger partial charge in [0, 0.05) is 18.2 Å². The number of amides is 1. The molecule has 1 amide bonds. The fourth-order valence-corrected chi connectivity index (χ4v) is 4.02. The highest BCUT2D eigenvalue weighted by Crippen LogP contribution is 2.44. The molecule has 0 aliphatic carbocycles. The van der Waals surface area contributed by atoms with Crippen molar-refractivity contribution in [3.05, 3.63) is 47.2 Å². The van der Waals surface area contributed by atoms with Gasteiger partial charge in [0.05, 0.1) is 12.2 Å². The second-order valence-corrected chi connectivity index (χ2v) is 8.09. The predicted octanol–water partition coefficient (Wildman–Crippen LogP) is -0.802. The highest BCUT2D eigenvalue weighted by molar-refractivity contribution is 6.23. The van der Waals surface area contributed by atoms with E-state index < -0.39 is 53.2 Å². The lowest BCUT2D eigenvalue weighted by Gasteiger charge is -2.32. The molecule has 0 radical (unpaired) electrons. The highest BCUT2D eigenvalue weighted by atomic mass is 16.6. The molecule has 1 spiro atoms. The number of hydrogen-bond acceptors (Lipinski definition) is 9. The Bertz CT molecular complexity index is 944. The molecule has 3 rings (SSSR count). The maximum absolute atomic E-state index is 13.2. The van der Waals surface area contributed by atoms with Gasteiger partial charge in [0.25, 0.3) is 11.5 Å². The molecule has 0 saturated carbocycles. The number of ketones is 2. The lowest BCUT2D eigenvalue weighted by molar-refractivity contribution is -0.163. The Labute approximate surface area is 184 Å². The van der Waals surface area contributed by atoms with Gasteiger partial charge in [-0.1, -0.05) is 30.3 Å². The van der Waals surface area contributed by atoms with E-state index in [4.69, 9.17) is 9.47 Å². The summed E-state index contributed by atoms with van der Waals surface area (Å²) >= 11 is 0. The lowest BCUT2D eigenvalue weighted by atomic mass is 9.85. The van der Waals surface area contributed by atoms with Crippen molar-refractivity contribution in [3.8, 4) is 0 Å². The fourth-order valence-electron chi connectivity index (χ4n) is 4.02. The molecule has 1 saturated heterocycles. The first-order valence-electron chi connectivity index (χ1n) is 10.2. The van der Waals surface area contributed by atoms with Crippen LogP contribution in [0.1, 0.15) is 37.0 Å². The molecule has 6 atom stereocenters. The minimum atomic E-state index is -2.56. The number of nitrogens with one attached hydrogen (secondary N) is 1. The summed E-state index contributed by atoms with van der Waals surface area (Å²) in [7, 11) is 1.10. The molecule has 10 nitrogen and oxygen atoms in total. The molecular weight excluding hydrogens is 422 g/mol. The summed E-state index contributed by atoms with van der Waals surface area (Å²) in [6.07, 6.45) is -5.76. The first-order valence-corrected chi connectivity index (χ1v) is 10.2. The van der Waals surface area contributed by atoms with Gasteiger partial charge in [-0.15, -0.1) is 0 Å². The smallest absolute Gasteiger partial charge is 0.278 e. The van der Waals surface area contributed by atoms with Crippen LogP contribution in [0, 0.1) is 0 Å². The molecule has 5 N–H and O–H groups in total. The van der Waals surface area contributed by atoms with Crippen LogP contribution in [0.4, 0.5) is 0 Å². The third-order valence-corrected chi connectivity index (χ3v) is 5.93. The minimum absolute atomic E-state index is 0.0105. The molecule has 0 bridgehead atoms. The van der Waals surface area contributed by atoms with E-state index in [1.54, 1.807) is 18.2 Å². The molecule has 2 heterocycles. The van der Waals surface area contributed by atoms with Gasteiger partial charge in [-0.2, -0.15) is 0 Å². The molecular formula is C22H27NO9. The van der Waals surface area contributed by atoms with Crippen LogP contribution in [0.2, 0.25) is 0 Å². The molecule has 1 aromatic rings. The fraction of sp³-hybridized carbons (Fsp3) is 0.500. The summed E-state index contributed by atoms with van der Waals surface area (Å²) in [6, 6.07) is 7.76. The summed E-state index contributed by atoms with van der Waals surface area (Å²) < 4.78 is 10.8. The molecule has 1 unspecified atom stereocenters. The second-order valence-electron chi connectivity index (χ2n) is 8.09. The Morgan fingerprint density at radius 3 is 2.38 bits per heavy atom. The van der Waals surface area contributed by atoms with Gasteiger partial charge in [-0.05, 0) is 26.7 Å². The van der Waals surface area contributed by atoms with Crippen molar-refractivity contribution in [2.75, 3.05) is 7.11 Å². The average Bonchev–Trinajstić information content (AvgIpc) is 3.18. The quantitative estimate of drug-likeness (QED) is 0.252. The third kappa shape index (κ3) is 3.54. The number of carbonyl (C=O) groups excluding carboxylic acids is 3. The van der Waals surface area contributed by atoms with Crippen LogP contribution in [0.3, 0.4) is 0 Å². The molecule has 174 valence electrons. The molecule has 2 aliphatic rings. The number of hydrogen-bond donors (Lipinski definition) is 5. The zero-order valence-corrected chi connectivity index (χ0v) is 17.9. The number of aliphatic hydroxyl groups excluding tert-OH is 4. The van der Waals surface area contributed by atoms with Crippen molar-refractivity contribution in [3.63, 3.8) is 0 Å². The van der Waals surface area contributed by atoms with Gasteiger partial charge in [0.1, 0.15) is 11.9 Å². The standard InChI is InChI=1S/C22H27NO9/c1-11(24)9-10-14(25)15(26)16-12(2)17(27)21(32-16)19(29)22(31-3,23-20(21)30)18(28)13-7-5-4-6-8-13/h4-8,11,14-15,19,24-26,29H,9-10H2,1-3H3,(H,23,30)/t11?,14-,15-,19+,21+,22+/m0/s1. The Morgan fingerprint density at radius 1 is 1.19 bits per heavy atom. The van der Waals surface area contributed by atoms with Crippen LogP contribution in [-0.4, -0.2) is 80.8 Å². The van der Waals surface area contributed by atoms with Gasteiger partial charge in [0.2, 0.25) is 17.3 Å². The van der Waals surface area contributed by atoms with Gasteiger partial charge in [0.15, 0.2) is 6.10 Å². The Balaban J connectivity index is 1.94. The Kier molecular flexibility index (Phi) is 6.55. The highest BCUT2D eigenvalue weighted by Gasteiger charge is 2.74. The van der Waals surface area contributed by atoms with E-state index >= 15 is 0 Å². The van der Waals surface area contributed by atoms with Gasteiger partial charge < -0.3 is 35.2 Å². The number of ether oxygens (including phenoxy) is 2. The first-order chi connectivity index (χ1) is 15.0. The van der Waals surface area contributed by atoms with E-state index in [9.17, 15) is 34.8 Å². The maximum atomic E-state index is 13.2. The van der Waals surface area contributed by atoms with Gasteiger partial charge in [-0.3, -0.25) is 14.4 Å². The van der Waals surface area contributed by atoms with Crippen molar-refractivity contribution < 1.29 is 44.3 Å². The van der Waals surface area contributed by atoms with E-state index in [1.807, 2.05) is 0 Å². The maximum Gasteiger partial charge on any atom is 0.278 e. The molecule has 2 aliphatic heterocycles. The zero-order chi connectivity index (χ0) is 23.8. The summed E-state index contributed by atoms with van der Waals surface area (Å²) in [5, 5.41) is 43.6. The minimum Gasteiger partial charge on any atom is -0.467 e. The topological polar surface area (TPSA) is 163 Å². The van der Waals surface area contributed by atoms with Crippen LogP contribution in [-0.2, 0) is 19.1 Å². The van der Waals surface area contributed by atoms with Crippen molar-refractivity contribution in [1.29, 1.82) is 0 Å². The van der Waals surface area contributed by atoms with Crippen LogP contribution in [0.15, 0.2) is 41.7 Å². The number of benzene rings is 1.